The first-order chi connectivity index (χ1) is 15.0. The van der Waals surface area contributed by atoms with Gasteiger partial charge in [0.25, 0.3) is 11.8 Å². The van der Waals surface area contributed by atoms with Crippen LogP contribution >= 0.6 is 11.6 Å². The van der Waals surface area contributed by atoms with Gasteiger partial charge in [-0.2, -0.15) is 0 Å². The minimum absolute atomic E-state index is 0.312. The van der Waals surface area contributed by atoms with Crippen LogP contribution in [0.3, 0.4) is 0 Å². The van der Waals surface area contributed by atoms with Crippen molar-refractivity contribution in [1.82, 2.24) is 0 Å². The summed E-state index contributed by atoms with van der Waals surface area (Å²) in [4.78, 5) is 25.3. The fourth-order valence-corrected chi connectivity index (χ4v) is 2.96. The Hall–Kier alpha value is -3.51. The second-order valence-electron chi connectivity index (χ2n) is 6.64. The van der Waals surface area contributed by atoms with Crippen LogP contribution in [0.4, 0.5) is 11.4 Å². The van der Waals surface area contributed by atoms with Crippen LogP contribution in [-0.2, 0) is 4.79 Å². The maximum Gasteiger partial charge on any atom is 0.265 e. The highest BCUT2D eigenvalue weighted by Crippen LogP contribution is 2.27. The molecule has 7 heteroatoms. The maximum absolute atomic E-state index is 12.7. The van der Waals surface area contributed by atoms with Crippen molar-refractivity contribution >= 4 is 34.8 Å². The Morgan fingerprint density at radius 1 is 0.935 bits per heavy atom. The topological polar surface area (TPSA) is 76.7 Å². The van der Waals surface area contributed by atoms with Crippen molar-refractivity contribution in [3.63, 3.8) is 0 Å². The number of carbonyl (C=O) groups excluding carboxylic acids is 2. The fourth-order valence-electron chi connectivity index (χ4n) is 2.80. The van der Waals surface area contributed by atoms with Gasteiger partial charge in [0, 0.05) is 5.56 Å². The molecule has 0 saturated heterocycles. The van der Waals surface area contributed by atoms with Gasteiger partial charge in [0.1, 0.15) is 11.5 Å². The van der Waals surface area contributed by atoms with Gasteiger partial charge in [-0.1, -0.05) is 41.9 Å². The molecule has 6 nitrogen and oxygen atoms in total. The van der Waals surface area contributed by atoms with E-state index in [0.29, 0.717) is 40.1 Å². The molecule has 0 fully saturated rings. The van der Waals surface area contributed by atoms with Gasteiger partial charge < -0.3 is 20.1 Å². The highest BCUT2D eigenvalue weighted by Gasteiger charge is 2.18. The molecule has 0 bridgehead atoms. The summed E-state index contributed by atoms with van der Waals surface area (Å²) in [6.45, 7) is 3.99. The summed E-state index contributed by atoms with van der Waals surface area (Å²) in [6, 6.07) is 20.9. The molecule has 2 amide bonds. The third kappa shape index (κ3) is 5.99. The van der Waals surface area contributed by atoms with E-state index in [-0.39, 0.29) is 11.8 Å². The summed E-state index contributed by atoms with van der Waals surface area (Å²) in [5.74, 6) is 0.419. The lowest BCUT2D eigenvalue weighted by molar-refractivity contribution is -0.122. The molecule has 160 valence electrons. The monoisotopic (exact) mass is 438 g/mol. The molecule has 3 rings (SSSR count). The molecule has 0 aromatic heterocycles. The minimum atomic E-state index is -0.756. The van der Waals surface area contributed by atoms with E-state index in [1.54, 1.807) is 49.4 Å². The first kappa shape index (κ1) is 22.2. The second kappa shape index (κ2) is 10.5. The molecule has 0 radical (unpaired) electrons. The van der Waals surface area contributed by atoms with E-state index in [9.17, 15) is 9.59 Å². The van der Waals surface area contributed by atoms with Crippen LogP contribution in [0, 0.1) is 0 Å². The molecule has 0 aliphatic rings. The lowest BCUT2D eigenvalue weighted by Crippen LogP contribution is -2.30. The Kier molecular flexibility index (Phi) is 7.51. The summed E-state index contributed by atoms with van der Waals surface area (Å²) in [5.41, 5.74) is 1.21. The van der Waals surface area contributed by atoms with Crippen molar-refractivity contribution in [1.29, 1.82) is 0 Å². The molecule has 1 atom stereocenters. The van der Waals surface area contributed by atoms with Crippen LogP contribution in [0.15, 0.2) is 72.8 Å². The minimum Gasteiger partial charge on any atom is -0.492 e. The van der Waals surface area contributed by atoms with Crippen molar-refractivity contribution in [3.8, 4) is 11.5 Å². The highest BCUT2D eigenvalue weighted by atomic mass is 35.5. The second-order valence-corrected chi connectivity index (χ2v) is 7.05. The van der Waals surface area contributed by atoms with E-state index in [1.165, 1.54) is 6.07 Å². The Balaban J connectivity index is 1.71. The molecule has 0 aliphatic carbocycles. The molecule has 0 heterocycles. The van der Waals surface area contributed by atoms with E-state index < -0.39 is 6.10 Å². The Morgan fingerprint density at radius 3 is 2.39 bits per heavy atom. The molecule has 0 spiro atoms. The van der Waals surface area contributed by atoms with E-state index in [1.807, 2.05) is 31.2 Å². The molecule has 3 aromatic rings. The van der Waals surface area contributed by atoms with Gasteiger partial charge in [-0.15, -0.1) is 0 Å². The fraction of sp³-hybridized carbons (Fsp3) is 0.167. The van der Waals surface area contributed by atoms with E-state index in [4.69, 9.17) is 21.1 Å². The van der Waals surface area contributed by atoms with E-state index in [0.717, 1.165) is 0 Å². The van der Waals surface area contributed by atoms with Gasteiger partial charge in [0.15, 0.2) is 6.10 Å². The van der Waals surface area contributed by atoms with E-state index >= 15 is 0 Å². The summed E-state index contributed by atoms with van der Waals surface area (Å²) in [5, 5.41) is 5.85. The van der Waals surface area contributed by atoms with Crippen LogP contribution in [0.1, 0.15) is 24.2 Å². The van der Waals surface area contributed by atoms with Gasteiger partial charge in [-0.25, -0.2) is 0 Å². The molecule has 3 aromatic carbocycles. The molecular weight excluding hydrogens is 416 g/mol. The number of hydrogen-bond acceptors (Lipinski definition) is 4. The average Bonchev–Trinajstić information content (AvgIpc) is 2.77. The Labute approximate surface area is 186 Å². The largest absolute Gasteiger partial charge is 0.492 e. The Bertz CT molecular complexity index is 1060. The van der Waals surface area contributed by atoms with Crippen molar-refractivity contribution in [2.45, 2.75) is 20.0 Å². The third-order valence-corrected chi connectivity index (χ3v) is 4.68. The number of para-hydroxylation sites is 3. The predicted octanol–water partition coefficient (Wildman–Crippen LogP) is 5.40. The standard InChI is InChI=1S/C24H23ClN2O4/c1-3-30-22-12-8-7-11-20(22)26-24(29)17-13-14-19(25)21(15-17)27-23(28)16(2)31-18-9-5-4-6-10-18/h4-16H,3H2,1-2H3,(H,26,29)(H,27,28)/t16-/m1/s1. The van der Waals surface area contributed by atoms with Crippen LogP contribution < -0.4 is 20.1 Å². The zero-order valence-corrected chi connectivity index (χ0v) is 18.0. The number of hydrogen-bond donors (Lipinski definition) is 2. The summed E-state index contributed by atoms with van der Waals surface area (Å²) in [7, 11) is 0. The zero-order chi connectivity index (χ0) is 22.2. The quantitative estimate of drug-likeness (QED) is 0.494. The van der Waals surface area contributed by atoms with Gasteiger partial charge in [0.05, 0.1) is 23.0 Å². The van der Waals surface area contributed by atoms with E-state index in [2.05, 4.69) is 10.6 Å². The van der Waals surface area contributed by atoms with Crippen molar-refractivity contribution < 1.29 is 19.1 Å². The van der Waals surface area contributed by atoms with Crippen molar-refractivity contribution in [2.75, 3.05) is 17.2 Å². The summed E-state index contributed by atoms with van der Waals surface area (Å²) < 4.78 is 11.2. The number of anilines is 2. The number of nitrogens with one attached hydrogen (secondary N) is 2. The zero-order valence-electron chi connectivity index (χ0n) is 17.2. The average molecular weight is 439 g/mol. The highest BCUT2D eigenvalue weighted by molar-refractivity contribution is 6.34. The first-order valence-corrected chi connectivity index (χ1v) is 10.2. The molecule has 2 N–H and O–H groups in total. The van der Waals surface area contributed by atoms with Crippen LogP contribution in [0.2, 0.25) is 5.02 Å². The first-order valence-electron chi connectivity index (χ1n) is 9.83. The lowest BCUT2D eigenvalue weighted by Gasteiger charge is -2.16. The van der Waals surface area contributed by atoms with Gasteiger partial charge in [-0.05, 0) is 56.3 Å². The van der Waals surface area contributed by atoms with Crippen LogP contribution in [-0.4, -0.2) is 24.5 Å². The lowest BCUT2D eigenvalue weighted by atomic mass is 10.1. The summed E-state index contributed by atoms with van der Waals surface area (Å²) >= 11 is 6.23. The van der Waals surface area contributed by atoms with Gasteiger partial charge in [0.2, 0.25) is 0 Å². The van der Waals surface area contributed by atoms with Crippen molar-refractivity contribution in [3.05, 3.63) is 83.4 Å². The van der Waals surface area contributed by atoms with Crippen LogP contribution in [0.25, 0.3) is 0 Å². The normalized spacial score (nSPS) is 11.3. The molecule has 0 aliphatic heterocycles. The van der Waals surface area contributed by atoms with Gasteiger partial charge in [-0.3, -0.25) is 9.59 Å². The number of ether oxygens (including phenoxy) is 2. The Morgan fingerprint density at radius 2 is 1.65 bits per heavy atom. The number of rotatable bonds is 8. The maximum atomic E-state index is 12.7. The smallest absolute Gasteiger partial charge is 0.265 e. The number of benzene rings is 3. The molecule has 0 unspecified atom stereocenters. The molecule has 0 saturated carbocycles. The third-order valence-electron chi connectivity index (χ3n) is 4.35. The van der Waals surface area contributed by atoms with Crippen molar-refractivity contribution in [2.24, 2.45) is 0 Å². The predicted molar refractivity (Wildman–Crippen MR) is 122 cm³/mol. The molecule has 31 heavy (non-hydrogen) atoms. The summed E-state index contributed by atoms with van der Waals surface area (Å²) in [6.07, 6.45) is -0.756. The number of amides is 2. The SMILES string of the molecule is CCOc1ccccc1NC(=O)c1ccc(Cl)c(NC(=O)[C@@H](C)Oc2ccccc2)c1. The molecular formula is C24H23ClN2O4. The number of halogens is 1. The van der Waals surface area contributed by atoms with Gasteiger partial charge >= 0.3 is 0 Å². The number of carbonyl (C=O) groups is 2. The van der Waals surface area contributed by atoms with Crippen LogP contribution in [0.5, 0.6) is 11.5 Å².